The maximum absolute atomic E-state index is 11.6. The molecule has 3 nitrogen and oxygen atoms in total. The smallest absolute Gasteiger partial charge is 0.320 e. The first kappa shape index (κ1) is 15.5. The standard InChI is InChI=1S/C17H18ClNO2S/c1-11-9-15(22-10-11)16(12-4-6-13(18)7-5-12)19-8-2-3-14(19)17(20)21/h4-7,9-10,14,16H,2-3,8H2,1H3,(H,20,21). The lowest BCUT2D eigenvalue weighted by Crippen LogP contribution is -2.39. The van der Waals surface area contributed by atoms with Crippen LogP contribution in [0.15, 0.2) is 35.7 Å². The normalized spacial score (nSPS) is 20.2. The largest absolute Gasteiger partial charge is 0.480 e. The van der Waals surface area contributed by atoms with E-state index in [-0.39, 0.29) is 6.04 Å². The molecule has 5 heteroatoms. The second kappa shape index (κ2) is 6.41. The quantitative estimate of drug-likeness (QED) is 0.903. The van der Waals surface area contributed by atoms with Gasteiger partial charge in [0.1, 0.15) is 6.04 Å². The highest BCUT2D eigenvalue weighted by molar-refractivity contribution is 7.10. The maximum atomic E-state index is 11.6. The summed E-state index contributed by atoms with van der Waals surface area (Å²) in [5.74, 6) is -0.732. The average Bonchev–Trinajstić information content (AvgIpc) is 3.11. The predicted molar refractivity (Wildman–Crippen MR) is 89.7 cm³/mol. The summed E-state index contributed by atoms with van der Waals surface area (Å²) in [5, 5.41) is 12.3. The molecule has 3 rings (SSSR count). The molecular weight excluding hydrogens is 318 g/mol. The monoisotopic (exact) mass is 335 g/mol. The van der Waals surface area contributed by atoms with Crippen LogP contribution in [0, 0.1) is 6.92 Å². The van der Waals surface area contributed by atoms with E-state index >= 15 is 0 Å². The number of rotatable bonds is 4. The first-order chi connectivity index (χ1) is 10.6. The van der Waals surface area contributed by atoms with E-state index < -0.39 is 12.0 Å². The highest BCUT2D eigenvalue weighted by atomic mass is 35.5. The van der Waals surface area contributed by atoms with Crippen molar-refractivity contribution in [2.45, 2.75) is 31.8 Å². The van der Waals surface area contributed by atoms with Crippen molar-refractivity contribution in [2.75, 3.05) is 6.54 Å². The van der Waals surface area contributed by atoms with Crippen LogP contribution in [0.4, 0.5) is 0 Å². The van der Waals surface area contributed by atoms with Crippen molar-refractivity contribution in [3.05, 3.63) is 56.7 Å². The summed E-state index contributed by atoms with van der Waals surface area (Å²) in [6.45, 7) is 2.87. The van der Waals surface area contributed by atoms with Gasteiger partial charge in [0.2, 0.25) is 0 Å². The molecule has 0 radical (unpaired) electrons. The van der Waals surface area contributed by atoms with E-state index in [2.05, 4.69) is 23.3 Å². The fourth-order valence-electron chi connectivity index (χ4n) is 3.12. The molecule has 0 spiro atoms. The van der Waals surface area contributed by atoms with Crippen molar-refractivity contribution in [3.63, 3.8) is 0 Å². The van der Waals surface area contributed by atoms with Crippen LogP contribution in [-0.4, -0.2) is 28.6 Å². The third-order valence-corrected chi connectivity index (χ3v) is 5.47. The Hall–Kier alpha value is -1.36. The van der Waals surface area contributed by atoms with Gasteiger partial charge in [0, 0.05) is 16.4 Å². The van der Waals surface area contributed by atoms with Gasteiger partial charge in [0.05, 0.1) is 6.04 Å². The summed E-state index contributed by atoms with van der Waals surface area (Å²) in [6, 6.07) is 9.47. The topological polar surface area (TPSA) is 40.5 Å². The molecule has 0 saturated carbocycles. The van der Waals surface area contributed by atoms with Crippen LogP contribution < -0.4 is 0 Å². The Balaban J connectivity index is 2.03. The Morgan fingerprint density at radius 2 is 2.14 bits per heavy atom. The van der Waals surface area contributed by atoms with Crippen LogP contribution in [0.25, 0.3) is 0 Å². The fraction of sp³-hybridized carbons (Fsp3) is 0.353. The molecule has 2 aromatic rings. The summed E-state index contributed by atoms with van der Waals surface area (Å²) in [4.78, 5) is 14.9. The van der Waals surface area contributed by atoms with Crippen molar-refractivity contribution in [3.8, 4) is 0 Å². The minimum atomic E-state index is -0.732. The number of carboxylic acid groups (broad SMARTS) is 1. The van der Waals surface area contributed by atoms with Gasteiger partial charge in [-0.25, -0.2) is 0 Å². The van der Waals surface area contributed by atoms with E-state index in [1.807, 2.05) is 24.3 Å². The zero-order chi connectivity index (χ0) is 15.7. The molecule has 0 amide bonds. The van der Waals surface area contributed by atoms with Gasteiger partial charge < -0.3 is 5.11 Å². The molecule has 1 aromatic carbocycles. The molecule has 2 atom stereocenters. The molecule has 1 aromatic heterocycles. The molecule has 0 bridgehead atoms. The number of likely N-dealkylation sites (tertiary alicyclic amines) is 1. The van der Waals surface area contributed by atoms with Crippen LogP contribution in [0.3, 0.4) is 0 Å². The molecule has 1 saturated heterocycles. The van der Waals surface area contributed by atoms with Crippen molar-refractivity contribution in [1.29, 1.82) is 0 Å². The van der Waals surface area contributed by atoms with Crippen LogP contribution in [-0.2, 0) is 4.79 Å². The number of hydrogen-bond acceptors (Lipinski definition) is 3. The molecule has 1 fully saturated rings. The van der Waals surface area contributed by atoms with E-state index in [1.54, 1.807) is 11.3 Å². The second-order valence-corrected chi connectivity index (χ2v) is 7.09. The summed E-state index contributed by atoms with van der Waals surface area (Å²) in [7, 11) is 0. The Kier molecular flexibility index (Phi) is 4.52. The van der Waals surface area contributed by atoms with Crippen LogP contribution in [0.5, 0.6) is 0 Å². The minimum Gasteiger partial charge on any atom is -0.480 e. The second-order valence-electron chi connectivity index (χ2n) is 5.71. The lowest BCUT2D eigenvalue weighted by molar-refractivity contribution is -0.142. The summed E-state index contributed by atoms with van der Waals surface area (Å²) >= 11 is 7.69. The number of carbonyl (C=O) groups is 1. The van der Waals surface area contributed by atoms with Crippen molar-refractivity contribution < 1.29 is 9.90 Å². The highest BCUT2D eigenvalue weighted by Crippen LogP contribution is 2.38. The van der Waals surface area contributed by atoms with E-state index in [1.165, 1.54) is 10.4 Å². The lowest BCUT2D eigenvalue weighted by atomic mass is 10.0. The van der Waals surface area contributed by atoms with Crippen molar-refractivity contribution in [1.82, 2.24) is 4.90 Å². The van der Waals surface area contributed by atoms with Crippen LogP contribution >= 0.6 is 22.9 Å². The maximum Gasteiger partial charge on any atom is 0.320 e. The molecule has 1 aliphatic rings. The third-order valence-electron chi connectivity index (χ3n) is 4.12. The Labute approximate surface area is 139 Å². The van der Waals surface area contributed by atoms with Gasteiger partial charge in [0.15, 0.2) is 0 Å². The van der Waals surface area contributed by atoms with Gasteiger partial charge in [-0.3, -0.25) is 9.69 Å². The van der Waals surface area contributed by atoms with Gasteiger partial charge >= 0.3 is 5.97 Å². The summed E-state index contributed by atoms with van der Waals surface area (Å²) in [6.07, 6.45) is 1.63. The number of benzene rings is 1. The predicted octanol–water partition coefficient (Wildman–Crippen LogP) is 4.35. The molecule has 2 unspecified atom stereocenters. The average molecular weight is 336 g/mol. The van der Waals surface area contributed by atoms with Crippen molar-refractivity contribution >= 4 is 28.9 Å². The Morgan fingerprint density at radius 1 is 1.41 bits per heavy atom. The number of carboxylic acids is 1. The van der Waals surface area contributed by atoms with Gasteiger partial charge in [-0.1, -0.05) is 23.7 Å². The SMILES string of the molecule is Cc1csc(C(c2ccc(Cl)cc2)N2CCCC2C(=O)O)c1. The highest BCUT2D eigenvalue weighted by Gasteiger charge is 2.37. The van der Waals surface area contributed by atoms with Crippen molar-refractivity contribution in [2.24, 2.45) is 0 Å². The summed E-state index contributed by atoms with van der Waals surface area (Å²) in [5.41, 5.74) is 2.31. The first-order valence-electron chi connectivity index (χ1n) is 7.35. The van der Waals surface area contributed by atoms with E-state index in [9.17, 15) is 9.90 Å². The third kappa shape index (κ3) is 3.05. The number of thiophene rings is 1. The minimum absolute atomic E-state index is 0.0143. The molecule has 1 N–H and O–H groups in total. The van der Waals surface area contributed by atoms with E-state index in [4.69, 9.17) is 11.6 Å². The molecule has 2 heterocycles. The van der Waals surface area contributed by atoms with Gasteiger partial charge in [0.25, 0.3) is 0 Å². The van der Waals surface area contributed by atoms with Crippen LogP contribution in [0.2, 0.25) is 5.02 Å². The van der Waals surface area contributed by atoms with Gasteiger partial charge in [-0.05, 0) is 54.5 Å². The van der Waals surface area contributed by atoms with E-state index in [0.29, 0.717) is 11.4 Å². The van der Waals surface area contributed by atoms with E-state index in [0.717, 1.165) is 18.5 Å². The van der Waals surface area contributed by atoms with Gasteiger partial charge in [-0.2, -0.15) is 0 Å². The summed E-state index contributed by atoms with van der Waals surface area (Å²) < 4.78 is 0. The lowest BCUT2D eigenvalue weighted by Gasteiger charge is -2.31. The molecular formula is C17H18ClNO2S. The molecule has 0 aliphatic carbocycles. The van der Waals surface area contributed by atoms with Gasteiger partial charge in [-0.15, -0.1) is 11.3 Å². The number of aryl methyl sites for hydroxylation is 1. The zero-order valence-electron chi connectivity index (χ0n) is 12.3. The Bertz CT molecular complexity index is 668. The zero-order valence-corrected chi connectivity index (χ0v) is 13.9. The molecule has 1 aliphatic heterocycles. The number of halogens is 1. The number of hydrogen-bond donors (Lipinski definition) is 1. The molecule has 22 heavy (non-hydrogen) atoms. The fourth-order valence-corrected chi connectivity index (χ4v) is 4.29. The first-order valence-corrected chi connectivity index (χ1v) is 8.61. The molecule has 116 valence electrons. The van der Waals surface area contributed by atoms with Crippen LogP contribution in [0.1, 0.15) is 34.9 Å². The Morgan fingerprint density at radius 3 is 2.73 bits per heavy atom. The number of aliphatic carboxylic acids is 1. The number of nitrogens with zero attached hydrogens (tertiary/aromatic N) is 1.